The minimum atomic E-state index is -3.78. The van der Waals surface area contributed by atoms with Gasteiger partial charge in [-0.3, -0.25) is 4.79 Å². The fourth-order valence-corrected chi connectivity index (χ4v) is 5.45. The number of carbonyl (C=O) groups is 1. The van der Waals surface area contributed by atoms with E-state index in [0.717, 1.165) is 24.2 Å². The van der Waals surface area contributed by atoms with E-state index in [1.807, 2.05) is 6.92 Å². The Balaban J connectivity index is 2.08. The normalized spacial score (nSPS) is 18.4. The number of hydrogen-bond donors (Lipinski definition) is 1. The summed E-state index contributed by atoms with van der Waals surface area (Å²) >= 11 is 0.993. The van der Waals surface area contributed by atoms with Crippen molar-refractivity contribution >= 4 is 37.0 Å². The molecule has 0 bridgehead atoms. The van der Waals surface area contributed by atoms with Gasteiger partial charge >= 0.3 is 0 Å². The van der Waals surface area contributed by atoms with Gasteiger partial charge in [-0.05, 0) is 38.2 Å². The first-order valence-corrected chi connectivity index (χ1v) is 10.3. The Bertz CT molecular complexity index is 618. The summed E-state index contributed by atoms with van der Waals surface area (Å²) in [6.07, 6.45) is 6.00. The topological polar surface area (TPSA) is 63.2 Å². The van der Waals surface area contributed by atoms with Crippen LogP contribution in [0.15, 0.2) is 9.59 Å². The summed E-state index contributed by atoms with van der Waals surface area (Å²) in [6, 6.07) is 0.105. The van der Waals surface area contributed by atoms with Crippen LogP contribution in [0.4, 0.5) is 0 Å². The van der Waals surface area contributed by atoms with Crippen LogP contribution in [0, 0.1) is 12.8 Å². The van der Waals surface area contributed by atoms with E-state index in [1.165, 1.54) is 19.3 Å². The van der Waals surface area contributed by atoms with E-state index in [2.05, 4.69) is 5.32 Å². The summed E-state index contributed by atoms with van der Waals surface area (Å²) in [5.41, 5.74) is 0.838. The number of hydrogen-bond acceptors (Lipinski definition) is 4. The molecule has 0 spiro atoms. The highest BCUT2D eigenvalue weighted by Gasteiger charge is 2.25. The third-order valence-electron chi connectivity index (χ3n) is 4.18. The molecular weight excluding hydrogens is 330 g/mol. The second kappa shape index (κ2) is 6.67. The van der Waals surface area contributed by atoms with Crippen LogP contribution >= 0.6 is 22.0 Å². The van der Waals surface area contributed by atoms with E-state index in [1.54, 1.807) is 12.3 Å². The lowest BCUT2D eigenvalue weighted by Gasteiger charge is -2.28. The molecule has 1 atom stereocenters. The maximum absolute atomic E-state index is 12.3. The van der Waals surface area contributed by atoms with Crippen LogP contribution in [0.3, 0.4) is 0 Å². The van der Waals surface area contributed by atoms with Crippen LogP contribution in [0.2, 0.25) is 0 Å². The summed E-state index contributed by atoms with van der Waals surface area (Å²) in [6.45, 7) is 3.64. The van der Waals surface area contributed by atoms with Gasteiger partial charge in [-0.1, -0.05) is 19.3 Å². The SMILES string of the molecule is Cc1c(C(=O)NC(C)C2CCCCC2)csc1S(=O)(=O)Cl. The van der Waals surface area contributed by atoms with Crippen molar-refractivity contribution in [1.82, 2.24) is 5.32 Å². The van der Waals surface area contributed by atoms with E-state index in [4.69, 9.17) is 10.7 Å². The highest BCUT2D eigenvalue weighted by Crippen LogP contribution is 2.30. The summed E-state index contributed by atoms with van der Waals surface area (Å²) in [5.74, 6) is 0.297. The lowest BCUT2D eigenvalue weighted by atomic mass is 9.84. The summed E-state index contributed by atoms with van der Waals surface area (Å²) in [4.78, 5) is 12.3. The fraction of sp³-hybridized carbons (Fsp3) is 0.643. The monoisotopic (exact) mass is 349 g/mol. The zero-order chi connectivity index (χ0) is 15.6. The van der Waals surface area contributed by atoms with E-state index in [9.17, 15) is 13.2 Å². The van der Waals surface area contributed by atoms with Crippen molar-refractivity contribution in [2.45, 2.75) is 56.2 Å². The van der Waals surface area contributed by atoms with E-state index < -0.39 is 9.05 Å². The van der Waals surface area contributed by atoms with Gasteiger partial charge in [-0.25, -0.2) is 8.42 Å². The molecule has 4 nitrogen and oxygen atoms in total. The summed E-state index contributed by atoms with van der Waals surface area (Å²) in [7, 11) is 1.58. The van der Waals surface area contributed by atoms with Crippen LogP contribution in [0.1, 0.15) is 54.9 Å². The molecule has 0 saturated heterocycles. The van der Waals surface area contributed by atoms with Crippen molar-refractivity contribution in [3.63, 3.8) is 0 Å². The Morgan fingerprint density at radius 3 is 2.52 bits per heavy atom. The molecule has 1 N–H and O–H groups in total. The first-order chi connectivity index (χ1) is 9.80. The van der Waals surface area contributed by atoms with Crippen LogP contribution < -0.4 is 5.32 Å². The molecule has 1 aliphatic carbocycles. The molecule has 1 fully saturated rings. The van der Waals surface area contributed by atoms with Crippen molar-refractivity contribution in [2.75, 3.05) is 0 Å². The van der Waals surface area contributed by atoms with E-state index in [0.29, 0.717) is 17.0 Å². The molecule has 1 aromatic rings. The van der Waals surface area contributed by atoms with Crippen LogP contribution in [0.5, 0.6) is 0 Å². The minimum Gasteiger partial charge on any atom is -0.349 e. The number of halogens is 1. The fourth-order valence-electron chi connectivity index (χ4n) is 2.90. The first kappa shape index (κ1) is 16.8. The summed E-state index contributed by atoms with van der Waals surface area (Å²) in [5, 5.41) is 4.56. The van der Waals surface area contributed by atoms with Crippen LogP contribution in [0.25, 0.3) is 0 Å². The number of nitrogens with one attached hydrogen (secondary N) is 1. The van der Waals surface area contributed by atoms with Gasteiger partial charge in [0.25, 0.3) is 15.0 Å². The van der Waals surface area contributed by atoms with Crippen LogP contribution in [-0.4, -0.2) is 20.4 Å². The van der Waals surface area contributed by atoms with Gasteiger partial charge < -0.3 is 5.32 Å². The number of thiophene rings is 1. The molecule has 1 saturated carbocycles. The second-order valence-corrected chi connectivity index (χ2v) is 9.30. The van der Waals surface area contributed by atoms with Gasteiger partial charge in [0.05, 0.1) is 5.56 Å². The largest absolute Gasteiger partial charge is 0.349 e. The molecule has 1 aliphatic rings. The molecular formula is C14H20ClNO3S2. The Labute approximate surface area is 134 Å². The molecule has 0 aromatic carbocycles. The van der Waals surface area contributed by atoms with E-state index >= 15 is 0 Å². The Hall–Kier alpha value is -0.590. The molecule has 7 heteroatoms. The molecule has 0 aliphatic heterocycles. The maximum atomic E-state index is 12.3. The van der Waals surface area contributed by atoms with Crippen molar-refractivity contribution in [1.29, 1.82) is 0 Å². The van der Waals surface area contributed by atoms with Gasteiger partial charge in [0.15, 0.2) is 0 Å². The van der Waals surface area contributed by atoms with Gasteiger partial charge in [-0.15, -0.1) is 11.3 Å². The first-order valence-electron chi connectivity index (χ1n) is 7.14. The zero-order valence-corrected chi connectivity index (χ0v) is 14.6. The lowest BCUT2D eigenvalue weighted by molar-refractivity contribution is 0.0919. The molecule has 2 rings (SSSR count). The van der Waals surface area contributed by atoms with Crippen LogP contribution in [-0.2, 0) is 9.05 Å². The van der Waals surface area contributed by atoms with Crippen molar-refractivity contribution in [3.8, 4) is 0 Å². The predicted octanol–water partition coefficient (Wildman–Crippen LogP) is 3.68. The Morgan fingerprint density at radius 1 is 1.38 bits per heavy atom. The molecule has 21 heavy (non-hydrogen) atoms. The number of carbonyl (C=O) groups excluding carboxylic acids is 1. The molecule has 1 amide bonds. The van der Waals surface area contributed by atoms with Gasteiger partial charge in [0, 0.05) is 22.1 Å². The van der Waals surface area contributed by atoms with Gasteiger partial charge in [0.2, 0.25) is 0 Å². The maximum Gasteiger partial charge on any atom is 0.271 e. The average molecular weight is 350 g/mol. The quantitative estimate of drug-likeness (QED) is 0.843. The zero-order valence-electron chi connectivity index (χ0n) is 12.2. The Kier molecular flexibility index (Phi) is 5.33. The Morgan fingerprint density at radius 2 is 2.00 bits per heavy atom. The molecule has 1 aromatic heterocycles. The highest BCUT2D eigenvalue weighted by molar-refractivity contribution is 8.15. The third-order valence-corrected chi connectivity index (χ3v) is 7.48. The standard InChI is InChI=1S/C14H20ClNO3S2/c1-9-12(8-20-14(9)21(15,18)19)13(17)16-10(2)11-6-4-3-5-7-11/h8,10-11H,3-7H2,1-2H3,(H,16,17). The molecule has 1 unspecified atom stereocenters. The molecule has 1 heterocycles. The molecule has 118 valence electrons. The summed E-state index contributed by atoms with van der Waals surface area (Å²) < 4.78 is 22.9. The van der Waals surface area contributed by atoms with Crippen molar-refractivity contribution in [2.24, 2.45) is 5.92 Å². The third kappa shape index (κ3) is 3.99. The van der Waals surface area contributed by atoms with E-state index in [-0.39, 0.29) is 16.2 Å². The van der Waals surface area contributed by atoms with Crippen molar-refractivity contribution in [3.05, 3.63) is 16.5 Å². The van der Waals surface area contributed by atoms with Gasteiger partial charge in [0.1, 0.15) is 4.21 Å². The minimum absolute atomic E-state index is 0.0552. The van der Waals surface area contributed by atoms with Gasteiger partial charge in [-0.2, -0.15) is 0 Å². The number of rotatable bonds is 4. The number of amides is 1. The smallest absolute Gasteiger partial charge is 0.271 e. The lowest BCUT2D eigenvalue weighted by Crippen LogP contribution is -2.39. The van der Waals surface area contributed by atoms with Crippen molar-refractivity contribution < 1.29 is 13.2 Å². The average Bonchev–Trinajstić information content (AvgIpc) is 2.81. The molecule has 0 radical (unpaired) electrons. The second-order valence-electron chi connectivity index (χ2n) is 5.66. The predicted molar refractivity (Wildman–Crippen MR) is 85.6 cm³/mol. The highest BCUT2D eigenvalue weighted by atomic mass is 35.7.